The van der Waals surface area contributed by atoms with E-state index in [0.717, 1.165) is 6.07 Å². The predicted molar refractivity (Wildman–Crippen MR) is 97.8 cm³/mol. The molecule has 0 spiro atoms. The fourth-order valence-electron chi connectivity index (χ4n) is 3.05. The normalized spacial score (nSPS) is 13.8. The molecule has 1 aliphatic rings. The summed E-state index contributed by atoms with van der Waals surface area (Å²) in [5.41, 5.74) is 0.324. The number of pyridine rings is 1. The lowest BCUT2D eigenvalue weighted by Gasteiger charge is -2.36. The fourth-order valence-corrected chi connectivity index (χ4v) is 3.05. The van der Waals surface area contributed by atoms with E-state index in [-0.39, 0.29) is 22.6 Å². The lowest BCUT2D eigenvalue weighted by atomic mass is 10.1. The van der Waals surface area contributed by atoms with Gasteiger partial charge in [0.1, 0.15) is 5.82 Å². The van der Waals surface area contributed by atoms with Crippen LogP contribution < -0.4 is 9.80 Å². The molecular formula is C18H16FN5O4. The smallest absolute Gasteiger partial charge is 0.339 e. The molecule has 0 unspecified atom stereocenters. The molecule has 1 aromatic carbocycles. The number of hydrogen-bond donors (Lipinski definition) is 0. The highest BCUT2D eigenvalue weighted by atomic mass is 19.1. The molecular weight excluding hydrogens is 369 g/mol. The van der Waals surface area contributed by atoms with E-state index in [4.69, 9.17) is 5.26 Å². The lowest BCUT2D eigenvalue weighted by molar-refractivity contribution is -0.384. The summed E-state index contributed by atoms with van der Waals surface area (Å²) < 4.78 is 18.8. The highest BCUT2D eigenvalue weighted by Gasteiger charge is 2.27. The first-order chi connectivity index (χ1) is 13.4. The van der Waals surface area contributed by atoms with Gasteiger partial charge in [-0.2, -0.15) is 5.26 Å². The molecule has 1 fully saturated rings. The van der Waals surface area contributed by atoms with Gasteiger partial charge >= 0.3 is 11.7 Å². The summed E-state index contributed by atoms with van der Waals surface area (Å²) in [5.74, 6) is -1.04. The van der Waals surface area contributed by atoms with Crippen molar-refractivity contribution in [2.24, 2.45) is 0 Å². The molecule has 0 bridgehead atoms. The van der Waals surface area contributed by atoms with Crippen molar-refractivity contribution in [3.05, 3.63) is 57.5 Å². The van der Waals surface area contributed by atoms with Gasteiger partial charge in [0.25, 0.3) is 0 Å². The highest BCUT2D eigenvalue weighted by molar-refractivity contribution is 5.90. The number of rotatable bonds is 4. The molecule has 28 heavy (non-hydrogen) atoms. The van der Waals surface area contributed by atoms with Crippen molar-refractivity contribution in [1.29, 1.82) is 5.26 Å². The van der Waals surface area contributed by atoms with Crippen LogP contribution in [0.4, 0.5) is 21.6 Å². The van der Waals surface area contributed by atoms with Gasteiger partial charge in [0, 0.05) is 38.4 Å². The maximum atomic E-state index is 14.2. The van der Waals surface area contributed by atoms with E-state index in [2.05, 4.69) is 9.72 Å². The van der Waals surface area contributed by atoms with Crippen LogP contribution in [0, 0.1) is 27.3 Å². The monoisotopic (exact) mass is 385 g/mol. The average molecular weight is 385 g/mol. The quantitative estimate of drug-likeness (QED) is 0.447. The van der Waals surface area contributed by atoms with E-state index in [1.807, 2.05) is 11.0 Å². The molecule has 0 radical (unpaired) electrons. The number of aromatic nitrogens is 1. The van der Waals surface area contributed by atoms with Crippen LogP contribution in [0.15, 0.2) is 30.5 Å². The summed E-state index contributed by atoms with van der Waals surface area (Å²) in [6.45, 7) is 1.59. The Morgan fingerprint density at radius 1 is 1.29 bits per heavy atom. The van der Waals surface area contributed by atoms with Crippen LogP contribution in [0.25, 0.3) is 0 Å². The zero-order chi connectivity index (χ0) is 20.3. The Morgan fingerprint density at radius 2 is 1.96 bits per heavy atom. The van der Waals surface area contributed by atoms with Crippen LogP contribution in [0.2, 0.25) is 0 Å². The third-order valence-electron chi connectivity index (χ3n) is 4.46. The van der Waals surface area contributed by atoms with Gasteiger partial charge < -0.3 is 14.5 Å². The van der Waals surface area contributed by atoms with Crippen LogP contribution in [0.3, 0.4) is 0 Å². The van der Waals surface area contributed by atoms with Crippen LogP contribution >= 0.6 is 0 Å². The zero-order valence-corrected chi connectivity index (χ0v) is 15.0. The van der Waals surface area contributed by atoms with Gasteiger partial charge in [0.15, 0.2) is 0 Å². The van der Waals surface area contributed by atoms with E-state index in [9.17, 15) is 19.3 Å². The second kappa shape index (κ2) is 7.87. The molecule has 1 aromatic heterocycles. The molecule has 2 aromatic rings. The molecule has 2 heterocycles. The number of ether oxygens (including phenoxy) is 1. The first kappa shape index (κ1) is 19.0. The number of carbonyl (C=O) groups is 1. The molecule has 0 saturated carbocycles. The van der Waals surface area contributed by atoms with Gasteiger partial charge in [-0.3, -0.25) is 10.1 Å². The molecule has 0 N–H and O–H groups in total. The number of nitriles is 1. The summed E-state index contributed by atoms with van der Waals surface area (Å²) in [6, 6.07) is 7.30. The van der Waals surface area contributed by atoms with Crippen molar-refractivity contribution in [1.82, 2.24) is 4.98 Å². The number of benzene rings is 1. The minimum atomic E-state index is -0.705. The van der Waals surface area contributed by atoms with Gasteiger partial charge in [-0.1, -0.05) is 0 Å². The Hall–Kier alpha value is -3.74. The van der Waals surface area contributed by atoms with Crippen LogP contribution in [0.1, 0.15) is 15.9 Å². The first-order valence-electron chi connectivity index (χ1n) is 8.37. The third kappa shape index (κ3) is 3.68. The number of esters is 1. The minimum Gasteiger partial charge on any atom is -0.465 e. The van der Waals surface area contributed by atoms with Gasteiger partial charge in [-0.05, 0) is 18.2 Å². The SMILES string of the molecule is COC(=O)c1cnc(N2CCN(c3ccc(C#N)cc3F)CC2)c([N+](=O)[O-])c1. The van der Waals surface area contributed by atoms with E-state index >= 15 is 0 Å². The van der Waals surface area contributed by atoms with Crippen LogP contribution in [-0.4, -0.2) is 49.2 Å². The van der Waals surface area contributed by atoms with Crippen molar-refractivity contribution < 1.29 is 18.8 Å². The molecule has 1 aliphatic heterocycles. The number of carbonyl (C=O) groups excluding carboxylic acids is 1. The third-order valence-corrected chi connectivity index (χ3v) is 4.46. The summed E-state index contributed by atoms with van der Waals surface area (Å²) in [7, 11) is 1.18. The van der Waals surface area contributed by atoms with E-state index in [1.165, 1.54) is 19.4 Å². The zero-order valence-electron chi connectivity index (χ0n) is 15.0. The molecule has 10 heteroatoms. The number of halogens is 1. The number of methoxy groups -OCH3 is 1. The average Bonchev–Trinajstić information content (AvgIpc) is 2.72. The van der Waals surface area contributed by atoms with Crippen molar-refractivity contribution in [3.8, 4) is 6.07 Å². The maximum absolute atomic E-state index is 14.2. The van der Waals surface area contributed by atoms with Gasteiger partial charge in [-0.25, -0.2) is 14.2 Å². The van der Waals surface area contributed by atoms with Gasteiger partial charge in [0.2, 0.25) is 5.82 Å². The molecule has 1 saturated heterocycles. The van der Waals surface area contributed by atoms with Gasteiger partial charge in [0.05, 0.1) is 34.9 Å². The van der Waals surface area contributed by atoms with E-state index in [0.29, 0.717) is 31.9 Å². The van der Waals surface area contributed by atoms with Gasteiger partial charge in [-0.15, -0.1) is 0 Å². The number of piperazine rings is 1. The number of hydrogen-bond acceptors (Lipinski definition) is 8. The lowest BCUT2D eigenvalue weighted by Crippen LogP contribution is -2.47. The molecule has 0 aliphatic carbocycles. The number of nitro groups is 1. The van der Waals surface area contributed by atoms with Crippen molar-refractivity contribution in [2.75, 3.05) is 43.1 Å². The fraction of sp³-hybridized carbons (Fsp3) is 0.278. The topological polar surface area (TPSA) is 113 Å². The Balaban J connectivity index is 1.79. The second-order valence-corrected chi connectivity index (χ2v) is 6.07. The van der Waals surface area contributed by atoms with Crippen molar-refractivity contribution in [2.45, 2.75) is 0 Å². The Bertz CT molecular complexity index is 967. The first-order valence-corrected chi connectivity index (χ1v) is 8.37. The van der Waals surface area contributed by atoms with E-state index < -0.39 is 16.7 Å². The van der Waals surface area contributed by atoms with Crippen LogP contribution in [0.5, 0.6) is 0 Å². The highest BCUT2D eigenvalue weighted by Crippen LogP contribution is 2.29. The standard InChI is InChI=1S/C18H16FN5O4/c1-28-18(25)13-9-16(24(26)27)17(21-11-13)23-6-4-22(5-7-23)15-3-2-12(10-20)8-14(15)19/h2-3,8-9,11H,4-7H2,1H3. The van der Waals surface area contributed by atoms with Crippen LogP contribution in [-0.2, 0) is 4.74 Å². The molecule has 144 valence electrons. The Morgan fingerprint density at radius 3 is 2.54 bits per heavy atom. The number of anilines is 2. The molecule has 3 rings (SSSR count). The summed E-state index contributed by atoms with van der Waals surface area (Å²) in [6.07, 6.45) is 1.24. The second-order valence-electron chi connectivity index (χ2n) is 6.07. The Kier molecular flexibility index (Phi) is 5.35. The predicted octanol–water partition coefficient (Wildman–Crippen LogP) is 2.11. The summed E-state index contributed by atoms with van der Waals surface area (Å²) >= 11 is 0. The molecule has 0 amide bonds. The largest absolute Gasteiger partial charge is 0.465 e. The van der Waals surface area contributed by atoms with Crippen molar-refractivity contribution >= 4 is 23.2 Å². The summed E-state index contributed by atoms with van der Waals surface area (Å²) in [5, 5.41) is 20.3. The van der Waals surface area contributed by atoms with Crippen molar-refractivity contribution in [3.63, 3.8) is 0 Å². The van der Waals surface area contributed by atoms with E-state index in [1.54, 1.807) is 17.0 Å². The minimum absolute atomic E-state index is 0.00348. The summed E-state index contributed by atoms with van der Waals surface area (Å²) in [4.78, 5) is 30.0. The Labute approximate surface area is 159 Å². The molecule has 0 atom stereocenters. The molecule has 9 nitrogen and oxygen atoms in total. The maximum Gasteiger partial charge on any atom is 0.339 e. The number of nitrogens with zero attached hydrogens (tertiary/aromatic N) is 5.